The molecule has 0 radical (unpaired) electrons. The highest BCUT2D eigenvalue weighted by Gasteiger charge is 2.24. The first kappa shape index (κ1) is 33.4. The summed E-state index contributed by atoms with van der Waals surface area (Å²) in [6.07, 6.45) is 42.5. The zero-order valence-electron chi connectivity index (χ0n) is 25.4. The van der Waals surface area contributed by atoms with Gasteiger partial charge in [0.05, 0.1) is 0 Å². The third-order valence-electron chi connectivity index (χ3n) is 8.32. The molecule has 2 nitrogen and oxygen atoms in total. The van der Waals surface area contributed by atoms with E-state index in [0.717, 1.165) is 0 Å². The minimum atomic E-state index is 0.643. The molecule has 0 spiro atoms. The molecule has 1 aliphatic rings. The largest absolute Gasteiger partial charge is 0.356 e. The van der Waals surface area contributed by atoms with Crippen molar-refractivity contribution in [1.29, 1.82) is 0 Å². The van der Waals surface area contributed by atoms with Gasteiger partial charge in [-0.25, -0.2) is 0 Å². The van der Waals surface area contributed by atoms with Crippen molar-refractivity contribution >= 4 is 0 Å². The molecule has 1 unspecified atom stereocenters. The molecule has 0 bridgehead atoms. The van der Waals surface area contributed by atoms with Crippen LogP contribution in [0.25, 0.3) is 0 Å². The quantitative estimate of drug-likeness (QED) is 0.0977. The number of nitrogens with zero attached hydrogens (tertiary/aromatic N) is 2. The maximum Gasteiger partial charge on any atom is 0.101 e. The lowest BCUT2D eigenvalue weighted by Crippen LogP contribution is -2.39. The first-order chi connectivity index (χ1) is 17.8. The number of unbranched alkanes of at least 4 members (excludes halogenated alkanes) is 22. The van der Waals surface area contributed by atoms with Crippen LogP contribution in [0.4, 0.5) is 0 Å². The monoisotopic (exact) mass is 505 g/mol. The molecule has 0 fully saturated rings. The summed E-state index contributed by atoms with van der Waals surface area (Å²) in [7, 11) is 0. The Bertz CT molecular complexity index is 460. The molecule has 0 aliphatic carbocycles. The molecule has 0 saturated heterocycles. The molecule has 1 rings (SSSR count). The van der Waals surface area contributed by atoms with Gasteiger partial charge in [-0.3, -0.25) is 0 Å². The van der Waals surface area contributed by atoms with Crippen molar-refractivity contribution in [3.05, 3.63) is 12.4 Å². The van der Waals surface area contributed by atoms with Gasteiger partial charge in [0.25, 0.3) is 0 Å². The Kier molecular flexibility index (Phi) is 24.1. The third-order valence-corrected chi connectivity index (χ3v) is 8.32. The van der Waals surface area contributed by atoms with Gasteiger partial charge in [-0.05, 0) is 25.7 Å². The van der Waals surface area contributed by atoms with E-state index < -0.39 is 0 Å². The Labute approximate surface area is 229 Å². The summed E-state index contributed by atoms with van der Waals surface area (Å²) in [4.78, 5) is 5.38. The SMILES string of the molecule is CCCCCCCCCCCCCCCN1C=CN(CCCCCCCC)C1CCCCCCCC. The van der Waals surface area contributed by atoms with E-state index in [2.05, 4.69) is 43.0 Å². The molecular weight excluding hydrogens is 436 g/mol. The molecule has 0 amide bonds. The Hall–Kier alpha value is -0.660. The molecule has 1 heterocycles. The van der Waals surface area contributed by atoms with Crippen LogP contribution in [0.5, 0.6) is 0 Å². The highest BCUT2D eigenvalue weighted by molar-refractivity contribution is 4.97. The molecule has 0 saturated carbocycles. The van der Waals surface area contributed by atoms with E-state index in [0.29, 0.717) is 6.17 Å². The summed E-state index contributed by atoms with van der Waals surface area (Å²) in [5.74, 6) is 0. The Morgan fingerprint density at radius 2 is 0.639 bits per heavy atom. The van der Waals surface area contributed by atoms with Gasteiger partial charge in [0.15, 0.2) is 0 Å². The van der Waals surface area contributed by atoms with Gasteiger partial charge in [-0.15, -0.1) is 0 Å². The number of hydrogen-bond donors (Lipinski definition) is 0. The van der Waals surface area contributed by atoms with E-state index in [9.17, 15) is 0 Å². The maximum atomic E-state index is 2.70. The molecular formula is C34H68N2. The van der Waals surface area contributed by atoms with Crippen LogP contribution < -0.4 is 0 Å². The Morgan fingerprint density at radius 1 is 0.361 bits per heavy atom. The van der Waals surface area contributed by atoms with E-state index >= 15 is 0 Å². The summed E-state index contributed by atoms with van der Waals surface area (Å²) in [5.41, 5.74) is 0. The van der Waals surface area contributed by atoms with Crippen LogP contribution in [0.15, 0.2) is 12.4 Å². The fourth-order valence-corrected chi connectivity index (χ4v) is 5.83. The summed E-state index contributed by atoms with van der Waals surface area (Å²) in [6.45, 7) is 9.47. The van der Waals surface area contributed by atoms with Gasteiger partial charge in [0.2, 0.25) is 0 Å². The second-order valence-electron chi connectivity index (χ2n) is 11.8. The van der Waals surface area contributed by atoms with Crippen LogP contribution >= 0.6 is 0 Å². The van der Waals surface area contributed by atoms with Crippen LogP contribution in [-0.4, -0.2) is 29.1 Å². The Balaban J connectivity index is 2.17. The van der Waals surface area contributed by atoms with Crippen molar-refractivity contribution < 1.29 is 0 Å². The van der Waals surface area contributed by atoms with E-state index in [1.54, 1.807) is 0 Å². The zero-order chi connectivity index (χ0) is 25.9. The fourth-order valence-electron chi connectivity index (χ4n) is 5.83. The van der Waals surface area contributed by atoms with Crippen molar-refractivity contribution in [3.8, 4) is 0 Å². The molecule has 2 heteroatoms. The van der Waals surface area contributed by atoms with Crippen LogP contribution in [0.3, 0.4) is 0 Å². The minimum absolute atomic E-state index is 0.643. The van der Waals surface area contributed by atoms with Crippen molar-refractivity contribution in [2.75, 3.05) is 13.1 Å². The zero-order valence-corrected chi connectivity index (χ0v) is 25.4. The summed E-state index contributed by atoms with van der Waals surface area (Å²) < 4.78 is 0. The van der Waals surface area contributed by atoms with Gasteiger partial charge in [-0.1, -0.05) is 162 Å². The van der Waals surface area contributed by atoms with E-state index in [4.69, 9.17) is 0 Å². The fraction of sp³-hybridized carbons (Fsp3) is 0.941. The third kappa shape index (κ3) is 18.6. The van der Waals surface area contributed by atoms with Crippen molar-refractivity contribution in [1.82, 2.24) is 9.80 Å². The van der Waals surface area contributed by atoms with Gasteiger partial charge in [-0.2, -0.15) is 0 Å². The number of hydrogen-bond acceptors (Lipinski definition) is 2. The highest BCUT2D eigenvalue weighted by atomic mass is 15.4. The normalized spacial score (nSPS) is 15.5. The lowest BCUT2D eigenvalue weighted by molar-refractivity contribution is 0.135. The lowest BCUT2D eigenvalue weighted by Gasteiger charge is -2.33. The molecule has 36 heavy (non-hydrogen) atoms. The average molecular weight is 505 g/mol. The van der Waals surface area contributed by atoms with E-state index in [1.807, 2.05) is 0 Å². The minimum Gasteiger partial charge on any atom is -0.356 e. The lowest BCUT2D eigenvalue weighted by atomic mass is 10.0. The van der Waals surface area contributed by atoms with Gasteiger partial charge >= 0.3 is 0 Å². The van der Waals surface area contributed by atoms with Gasteiger partial charge in [0.1, 0.15) is 6.17 Å². The van der Waals surface area contributed by atoms with E-state index in [1.165, 1.54) is 180 Å². The second-order valence-corrected chi connectivity index (χ2v) is 11.8. The Morgan fingerprint density at radius 3 is 0.972 bits per heavy atom. The molecule has 1 atom stereocenters. The molecule has 0 aromatic heterocycles. The second kappa shape index (κ2) is 26.0. The van der Waals surface area contributed by atoms with Crippen molar-refractivity contribution in [2.45, 2.75) is 194 Å². The summed E-state index contributed by atoms with van der Waals surface area (Å²) in [6, 6.07) is 0. The van der Waals surface area contributed by atoms with Crippen molar-refractivity contribution in [2.24, 2.45) is 0 Å². The maximum absolute atomic E-state index is 2.70. The molecule has 1 aliphatic heterocycles. The molecule has 0 aromatic carbocycles. The van der Waals surface area contributed by atoms with Crippen LogP contribution in [0.2, 0.25) is 0 Å². The highest BCUT2D eigenvalue weighted by Crippen LogP contribution is 2.24. The van der Waals surface area contributed by atoms with Crippen LogP contribution in [0, 0.1) is 0 Å². The predicted octanol–water partition coefficient (Wildman–Crippen LogP) is 11.6. The van der Waals surface area contributed by atoms with Crippen molar-refractivity contribution in [3.63, 3.8) is 0 Å². The number of rotatable bonds is 28. The molecule has 0 aromatic rings. The topological polar surface area (TPSA) is 6.48 Å². The van der Waals surface area contributed by atoms with Gasteiger partial charge in [0, 0.05) is 25.5 Å². The van der Waals surface area contributed by atoms with Crippen LogP contribution in [-0.2, 0) is 0 Å². The smallest absolute Gasteiger partial charge is 0.101 e. The van der Waals surface area contributed by atoms with E-state index in [-0.39, 0.29) is 0 Å². The standard InChI is InChI=1S/C34H68N2/c1-4-7-10-13-16-17-18-19-20-21-22-25-28-31-36-33-32-35(30-27-24-15-12-9-6-3)34(36)29-26-23-14-11-8-5-2/h32-34H,4-31H2,1-3H3. The summed E-state index contributed by atoms with van der Waals surface area (Å²) >= 11 is 0. The average Bonchev–Trinajstić information content (AvgIpc) is 3.27. The first-order valence-corrected chi connectivity index (χ1v) is 17.0. The van der Waals surface area contributed by atoms with Gasteiger partial charge < -0.3 is 9.80 Å². The van der Waals surface area contributed by atoms with Crippen LogP contribution in [0.1, 0.15) is 188 Å². The molecule has 0 N–H and O–H groups in total. The predicted molar refractivity (Wildman–Crippen MR) is 163 cm³/mol. The first-order valence-electron chi connectivity index (χ1n) is 17.0. The summed E-state index contributed by atoms with van der Waals surface area (Å²) in [5, 5.41) is 0. The molecule has 214 valence electrons.